The monoisotopic (exact) mass is 279 g/mol. The molecule has 6 nitrogen and oxygen atoms in total. The molecule has 18 heavy (non-hydrogen) atoms. The lowest BCUT2D eigenvalue weighted by Crippen LogP contribution is -2.31. The smallest absolute Gasteiger partial charge is 0.308 e. The molecule has 0 fully saturated rings. The van der Waals surface area contributed by atoms with Crippen LogP contribution in [0.25, 0.3) is 0 Å². The van der Waals surface area contributed by atoms with Gasteiger partial charge in [-0.1, -0.05) is 13.8 Å². The van der Waals surface area contributed by atoms with Crippen LogP contribution in [0.4, 0.5) is 0 Å². The fourth-order valence-electron chi connectivity index (χ4n) is 1.35. The van der Waals surface area contributed by atoms with Gasteiger partial charge in [0, 0.05) is 13.5 Å². The summed E-state index contributed by atoms with van der Waals surface area (Å²) >= 11 is 0. The first-order chi connectivity index (χ1) is 8.18. The maximum Gasteiger partial charge on any atom is 0.308 e. The molecule has 1 amide bonds. The molecule has 0 aliphatic rings. The third-order valence-corrected chi connectivity index (χ3v) is 4.29. The van der Waals surface area contributed by atoms with Crippen LogP contribution in [-0.4, -0.2) is 44.0 Å². The van der Waals surface area contributed by atoms with Crippen molar-refractivity contribution >= 4 is 21.7 Å². The molecule has 0 saturated heterocycles. The van der Waals surface area contributed by atoms with Crippen LogP contribution in [0.3, 0.4) is 0 Å². The molecule has 0 aliphatic heterocycles. The Bertz CT molecular complexity index is 388. The molecule has 1 atom stereocenters. The van der Waals surface area contributed by atoms with Crippen LogP contribution in [0.15, 0.2) is 0 Å². The van der Waals surface area contributed by atoms with Crippen molar-refractivity contribution in [2.45, 2.75) is 26.7 Å². The summed E-state index contributed by atoms with van der Waals surface area (Å²) in [5.74, 6) is -3.19. The van der Waals surface area contributed by atoms with Crippen molar-refractivity contribution in [2.24, 2.45) is 11.8 Å². The summed E-state index contributed by atoms with van der Waals surface area (Å²) in [5, 5.41) is 11.2. The predicted molar refractivity (Wildman–Crippen MR) is 67.9 cm³/mol. The molecule has 0 rings (SSSR count). The normalized spacial score (nSPS) is 13.3. The van der Waals surface area contributed by atoms with Gasteiger partial charge in [0.25, 0.3) is 0 Å². The Morgan fingerprint density at radius 3 is 2.22 bits per heavy atom. The summed E-state index contributed by atoms with van der Waals surface area (Å²) in [7, 11) is -2.05. The molecule has 0 aromatic heterocycles. The second-order valence-corrected chi connectivity index (χ2v) is 6.94. The molecule has 0 aromatic carbocycles. The van der Waals surface area contributed by atoms with E-state index in [1.165, 1.54) is 7.05 Å². The summed E-state index contributed by atoms with van der Waals surface area (Å²) in [6.45, 7) is 3.80. The minimum absolute atomic E-state index is 0.0395. The van der Waals surface area contributed by atoms with Gasteiger partial charge in [0.15, 0.2) is 9.84 Å². The number of carbonyl (C=O) groups excluding carboxylic acids is 1. The fraction of sp³-hybridized carbons (Fsp3) is 0.818. The van der Waals surface area contributed by atoms with Gasteiger partial charge in [-0.25, -0.2) is 8.42 Å². The van der Waals surface area contributed by atoms with Gasteiger partial charge in [0.2, 0.25) is 5.91 Å². The standard InChI is InChI=1S/C11H21NO5S/c1-8(2)4-5-18(16,17)7-9(11(14)15)6-10(13)12-3/h8-9H,4-7H2,1-3H3,(H,12,13)(H,14,15). The number of hydrogen-bond acceptors (Lipinski definition) is 4. The summed E-state index contributed by atoms with van der Waals surface area (Å²) in [6.07, 6.45) is 0.182. The van der Waals surface area contributed by atoms with E-state index in [0.29, 0.717) is 6.42 Å². The summed E-state index contributed by atoms with van der Waals surface area (Å²) in [4.78, 5) is 22.0. The maximum atomic E-state index is 11.7. The van der Waals surface area contributed by atoms with Crippen LogP contribution in [0.1, 0.15) is 26.7 Å². The van der Waals surface area contributed by atoms with Gasteiger partial charge in [-0.15, -0.1) is 0 Å². The van der Waals surface area contributed by atoms with Crippen molar-refractivity contribution in [1.82, 2.24) is 5.32 Å². The Hall–Kier alpha value is -1.11. The van der Waals surface area contributed by atoms with Crippen molar-refractivity contribution in [3.63, 3.8) is 0 Å². The van der Waals surface area contributed by atoms with Gasteiger partial charge in [-0.05, 0) is 12.3 Å². The minimum atomic E-state index is -3.44. The maximum absolute atomic E-state index is 11.7. The van der Waals surface area contributed by atoms with Crippen LogP contribution in [0.2, 0.25) is 0 Å². The fourth-order valence-corrected chi connectivity index (χ4v) is 3.22. The largest absolute Gasteiger partial charge is 0.481 e. The molecule has 0 saturated carbocycles. The molecular formula is C11H21NO5S. The molecule has 1 unspecified atom stereocenters. The minimum Gasteiger partial charge on any atom is -0.481 e. The van der Waals surface area contributed by atoms with E-state index in [0.717, 1.165) is 0 Å². The number of hydrogen-bond donors (Lipinski definition) is 2. The summed E-state index contributed by atoms with van der Waals surface area (Å²) < 4.78 is 23.4. The molecule has 0 aromatic rings. The first kappa shape index (κ1) is 16.9. The third-order valence-electron chi connectivity index (χ3n) is 2.52. The van der Waals surface area contributed by atoms with Gasteiger partial charge < -0.3 is 10.4 Å². The summed E-state index contributed by atoms with van der Waals surface area (Å²) in [6, 6.07) is 0. The molecule has 0 radical (unpaired) electrons. The Balaban J connectivity index is 4.57. The van der Waals surface area contributed by atoms with E-state index in [9.17, 15) is 18.0 Å². The number of nitrogens with one attached hydrogen (secondary N) is 1. The first-order valence-corrected chi connectivity index (χ1v) is 7.64. The topological polar surface area (TPSA) is 101 Å². The lowest BCUT2D eigenvalue weighted by Gasteiger charge is -2.12. The van der Waals surface area contributed by atoms with E-state index >= 15 is 0 Å². The number of carbonyl (C=O) groups is 2. The van der Waals surface area contributed by atoms with Crippen molar-refractivity contribution in [1.29, 1.82) is 0 Å². The average Bonchev–Trinajstić information content (AvgIpc) is 2.25. The van der Waals surface area contributed by atoms with Crippen molar-refractivity contribution < 1.29 is 23.1 Å². The molecule has 0 heterocycles. The number of rotatable bonds is 8. The van der Waals surface area contributed by atoms with Crippen LogP contribution < -0.4 is 5.32 Å². The van der Waals surface area contributed by atoms with Crippen LogP contribution in [0.5, 0.6) is 0 Å². The lowest BCUT2D eigenvalue weighted by molar-refractivity contribution is -0.143. The average molecular weight is 279 g/mol. The molecule has 0 bridgehead atoms. The van der Waals surface area contributed by atoms with Crippen LogP contribution >= 0.6 is 0 Å². The number of carboxylic acid groups (broad SMARTS) is 1. The van der Waals surface area contributed by atoms with E-state index < -0.39 is 33.4 Å². The molecule has 106 valence electrons. The van der Waals surface area contributed by atoms with E-state index in [1.807, 2.05) is 13.8 Å². The first-order valence-electron chi connectivity index (χ1n) is 5.81. The van der Waals surface area contributed by atoms with Crippen LogP contribution in [-0.2, 0) is 19.4 Å². The quantitative estimate of drug-likeness (QED) is 0.665. The lowest BCUT2D eigenvalue weighted by atomic mass is 10.1. The highest BCUT2D eigenvalue weighted by atomic mass is 32.2. The van der Waals surface area contributed by atoms with Gasteiger partial charge in [0.05, 0.1) is 17.4 Å². The van der Waals surface area contributed by atoms with E-state index in [4.69, 9.17) is 5.11 Å². The highest BCUT2D eigenvalue weighted by Crippen LogP contribution is 2.11. The molecular weight excluding hydrogens is 258 g/mol. The third kappa shape index (κ3) is 7.26. The zero-order valence-corrected chi connectivity index (χ0v) is 11.8. The van der Waals surface area contributed by atoms with Crippen LogP contribution in [0, 0.1) is 11.8 Å². The SMILES string of the molecule is CNC(=O)CC(CS(=O)(=O)CCC(C)C)C(=O)O. The van der Waals surface area contributed by atoms with E-state index in [2.05, 4.69) is 5.32 Å². The second kappa shape index (κ2) is 7.35. The molecule has 7 heteroatoms. The van der Waals surface area contributed by atoms with Gasteiger partial charge >= 0.3 is 5.97 Å². The zero-order chi connectivity index (χ0) is 14.3. The number of amides is 1. The van der Waals surface area contributed by atoms with Crippen molar-refractivity contribution in [2.75, 3.05) is 18.6 Å². The number of carboxylic acids is 1. The molecule has 0 aliphatic carbocycles. The van der Waals surface area contributed by atoms with Gasteiger partial charge in [-0.3, -0.25) is 9.59 Å². The Kier molecular flexibility index (Phi) is 6.90. The number of sulfone groups is 1. The Morgan fingerprint density at radius 2 is 1.83 bits per heavy atom. The zero-order valence-electron chi connectivity index (χ0n) is 11.0. The summed E-state index contributed by atoms with van der Waals surface area (Å²) in [5.41, 5.74) is 0. The Morgan fingerprint density at radius 1 is 1.28 bits per heavy atom. The van der Waals surface area contributed by atoms with Gasteiger partial charge in [0.1, 0.15) is 0 Å². The number of aliphatic carboxylic acids is 1. The molecule has 2 N–H and O–H groups in total. The second-order valence-electron chi connectivity index (χ2n) is 4.71. The Labute approximate surface area is 108 Å². The highest BCUT2D eigenvalue weighted by molar-refractivity contribution is 7.91. The van der Waals surface area contributed by atoms with Crippen molar-refractivity contribution in [3.05, 3.63) is 0 Å². The molecule has 0 spiro atoms. The highest BCUT2D eigenvalue weighted by Gasteiger charge is 2.27. The predicted octanol–water partition coefficient (Wildman–Crippen LogP) is 0.284. The van der Waals surface area contributed by atoms with Gasteiger partial charge in [-0.2, -0.15) is 0 Å². The van der Waals surface area contributed by atoms with Crippen molar-refractivity contribution in [3.8, 4) is 0 Å². The van der Waals surface area contributed by atoms with E-state index in [1.54, 1.807) is 0 Å². The van der Waals surface area contributed by atoms with E-state index in [-0.39, 0.29) is 18.1 Å².